The molecule has 0 bridgehead atoms. The number of nitrogens with two attached hydrogens (primary N) is 1. The van der Waals surface area contributed by atoms with Crippen LogP contribution in [0.3, 0.4) is 0 Å². The lowest BCUT2D eigenvalue weighted by atomic mass is 9.79. The molecule has 26 heteroatoms. The molecule has 0 atom stereocenters. The molecule has 6 aliphatic rings. The van der Waals surface area contributed by atoms with Gasteiger partial charge in [-0.05, 0) is 349 Å². The summed E-state index contributed by atoms with van der Waals surface area (Å²) in [5.41, 5.74) is 11.4. The highest BCUT2D eigenvalue weighted by Crippen LogP contribution is 2.40. The zero-order valence-electron chi connectivity index (χ0n) is 72.2. The molecule has 650 valence electrons. The maximum Gasteiger partial charge on any atom is 0.494 e. The molecule has 1 aliphatic heterocycles. The fourth-order valence-electron chi connectivity index (χ4n) is 12.8. The number of thiazole rings is 2. The van der Waals surface area contributed by atoms with Gasteiger partial charge in [0.1, 0.15) is 14.5 Å². The summed E-state index contributed by atoms with van der Waals surface area (Å²) >= 11 is 14.0. The van der Waals surface area contributed by atoms with Crippen molar-refractivity contribution >= 4 is 192 Å². The Morgan fingerprint density at radius 3 is 1.17 bits per heavy atom. The van der Waals surface area contributed by atoms with Crippen LogP contribution in [0.15, 0.2) is 98.3 Å². The summed E-state index contributed by atoms with van der Waals surface area (Å²) < 4.78 is 15.9. The van der Waals surface area contributed by atoms with E-state index >= 15 is 0 Å². The number of carboxylic acid groups (broad SMARTS) is 1. The van der Waals surface area contributed by atoms with Crippen LogP contribution in [0.2, 0.25) is 0 Å². The van der Waals surface area contributed by atoms with Crippen LogP contribution in [0, 0.1) is 227 Å². The molecule has 2 aromatic carbocycles. The molecule has 0 radical (unpaired) electrons. The number of aromatic nitrogens is 5. The van der Waals surface area contributed by atoms with Crippen LogP contribution in [0.1, 0.15) is 181 Å². The second kappa shape index (κ2) is 52.5. The minimum absolute atomic E-state index is 0.000977. The second-order valence-corrected chi connectivity index (χ2v) is 36.9. The van der Waals surface area contributed by atoms with Gasteiger partial charge in [-0.1, -0.05) is 92.6 Å². The van der Waals surface area contributed by atoms with Crippen LogP contribution in [0.4, 0.5) is 10.3 Å². The van der Waals surface area contributed by atoms with Gasteiger partial charge in [0.25, 0.3) is 11.8 Å². The highest BCUT2D eigenvalue weighted by atomic mass is 79.9. The Labute approximate surface area is 807 Å². The fraction of sp³-hybridized carbons (Fsp3) is 0.283. The van der Waals surface area contributed by atoms with Gasteiger partial charge in [0, 0.05) is 95.4 Å². The Morgan fingerprint density at radius 2 is 0.795 bits per heavy atom. The summed E-state index contributed by atoms with van der Waals surface area (Å²) in [6, 6.07) is 19.0. The monoisotopic (exact) mass is 1950 g/mol. The van der Waals surface area contributed by atoms with Gasteiger partial charge in [-0.25, -0.2) is 35.6 Å². The number of rotatable bonds is 11. The number of nitrogens with one attached hydrogen (secondary N) is 4. The van der Waals surface area contributed by atoms with E-state index in [4.69, 9.17) is 45.8 Å². The van der Waals surface area contributed by atoms with E-state index in [1.807, 2.05) is 87.0 Å². The minimum atomic E-state index is -0.911. The molecule has 7 N–H and O–H groups in total. The molecule has 4 amide bonds. The standard InChI is InChI=1S/C25H24N4O2S2.C18H2.C18H.C17H21BN2O3S.C14H15BrN2OS.C8H4BrNO2S.C6H13N/c30-22(14-6-7-14)29-25-28-20-9-8-15(11-21(20)33-25)16-10-18-19(13-32-24(18)26-12-16)23(31)27-17-4-2-1-3-5-17;2*1-3-5-7-9-11-13-15-17-18-16-14-12-10-8-6-4-2;1-16(2)17(3,4)23-18(22-16)11-7-8-12-13(9-11)24-15(19-12)20-14(21)10-5-6-10;15-9-6-11-12(8-19-14(11)16-7-9)13(18)17-10-4-2-1-3-5-10;9-4-1-5-6(8(11)12)3-13-7(5)10-2-4;7-6-4-2-1-3-5-6/h8-14,17H,1-7H2,(H,27,31)(H,28,29,30);1-2H;1H;7-10H,5-6H2,1-4H3,(H,19,20,21);6-8,10H,1-5H2,(H,17,18);1-3H,(H,11,12);6H,1-5,7H2/q;;-1;;;;. The number of terminal acetylenes is 3. The molecule has 0 unspecified atom stereocenters. The number of hydrogen-bond acceptors (Lipinski definition) is 18. The summed E-state index contributed by atoms with van der Waals surface area (Å²) in [7, 11) is -0.383. The number of nitrogens with zero attached hydrogens (tertiary/aromatic N) is 5. The topological polar surface area (TPSA) is 263 Å². The van der Waals surface area contributed by atoms with Gasteiger partial charge in [-0.3, -0.25) is 25.1 Å². The van der Waals surface area contributed by atoms with Crippen LogP contribution in [0.25, 0.3) is 62.2 Å². The van der Waals surface area contributed by atoms with Crippen molar-refractivity contribution < 1.29 is 38.4 Å². The average molecular weight is 1950 g/mol. The number of pyridine rings is 3. The molecule has 0 spiro atoms. The summed E-state index contributed by atoms with van der Waals surface area (Å²) in [6.45, 7) is 8.18. The number of fused-ring (bicyclic) bond motifs is 5. The molecule has 6 fully saturated rings. The van der Waals surface area contributed by atoms with Gasteiger partial charge in [-0.2, -0.15) is 0 Å². The third-order valence-electron chi connectivity index (χ3n) is 20.4. The van der Waals surface area contributed by atoms with Crippen molar-refractivity contribution in [2.24, 2.45) is 17.6 Å². The van der Waals surface area contributed by atoms with Gasteiger partial charge >= 0.3 is 13.1 Å². The lowest BCUT2D eigenvalue weighted by Crippen LogP contribution is -2.41. The molecule has 18 nitrogen and oxygen atoms in total. The van der Waals surface area contributed by atoms with E-state index in [-0.39, 0.29) is 59.8 Å². The highest BCUT2D eigenvalue weighted by molar-refractivity contribution is 9.10. The zero-order valence-corrected chi connectivity index (χ0v) is 79.5. The molecule has 1 saturated heterocycles. The second-order valence-electron chi connectivity index (χ2n) is 30.5. The van der Waals surface area contributed by atoms with Crippen molar-refractivity contribution in [3.63, 3.8) is 0 Å². The predicted octanol–water partition coefficient (Wildman–Crippen LogP) is 17.6. The van der Waals surface area contributed by atoms with Gasteiger partial charge in [0.15, 0.2) is 10.3 Å². The molecule has 5 saturated carbocycles. The maximum atomic E-state index is 13.0. The Morgan fingerprint density at radius 1 is 0.447 bits per heavy atom. The lowest BCUT2D eigenvalue weighted by Gasteiger charge is -2.32. The lowest BCUT2D eigenvalue weighted by molar-refractivity contribution is -0.118. The first-order chi connectivity index (χ1) is 64.0. The minimum Gasteiger partial charge on any atom is -0.478 e. The fourth-order valence-corrected chi connectivity index (χ4v) is 17.9. The molecule has 16 rings (SSSR count). The third kappa shape index (κ3) is 32.5. The number of benzene rings is 2. The summed E-state index contributed by atoms with van der Waals surface area (Å²) in [4.78, 5) is 84.7. The van der Waals surface area contributed by atoms with Crippen LogP contribution in [-0.2, 0) is 18.9 Å². The number of aromatic carboxylic acids is 1. The highest BCUT2D eigenvalue weighted by Gasteiger charge is 2.52. The van der Waals surface area contributed by atoms with E-state index in [0.717, 1.165) is 128 Å². The van der Waals surface area contributed by atoms with Crippen LogP contribution < -0.4 is 32.5 Å². The molecule has 8 aromatic heterocycles. The van der Waals surface area contributed by atoms with Gasteiger partial charge in [-0.15, -0.1) is 59.2 Å². The normalized spacial score (nSPS) is 14.0. The van der Waals surface area contributed by atoms with Gasteiger partial charge in [0.2, 0.25) is 11.8 Å². The van der Waals surface area contributed by atoms with E-state index in [1.165, 1.54) is 127 Å². The number of hydrogen-bond donors (Lipinski definition) is 6. The van der Waals surface area contributed by atoms with E-state index in [9.17, 15) is 24.0 Å². The smallest absolute Gasteiger partial charge is 0.478 e. The first-order valence-electron chi connectivity index (χ1n) is 41.6. The van der Waals surface area contributed by atoms with E-state index in [0.29, 0.717) is 38.9 Å². The maximum absolute atomic E-state index is 13.0. The van der Waals surface area contributed by atoms with E-state index in [1.54, 1.807) is 23.8 Å². The number of thiophene rings is 3. The summed E-state index contributed by atoms with van der Waals surface area (Å²) in [5, 5.41) is 30.3. The van der Waals surface area contributed by atoms with Gasteiger partial charge in [0.05, 0.1) is 48.3 Å². The Hall–Kier alpha value is -14.1. The number of carbonyl (C=O) groups excluding carboxylic acids is 4. The first-order valence-corrected chi connectivity index (χ1v) is 47.5. The third-order valence-corrected chi connectivity index (χ3v) is 25.8. The first kappa shape index (κ1) is 100. The quantitative estimate of drug-likeness (QED) is 0.0400. The van der Waals surface area contributed by atoms with Crippen molar-refractivity contribution in [2.75, 3.05) is 10.6 Å². The molecule has 5 aliphatic carbocycles. The predicted molar refractivity (Wildman–Crippen MR) is 540 cm³/mol. The van der Waals surface area contributed by atoms with Crippen LogP contribution in [0.5, 0.6) is 0 Å². The summed E-state index contributed by atoms with van der Waals surface area (Å²) in [5.74, 6) is 75.5. The average Bonchev–Trinajstić information content (AvgIpc) is 1.61. The Bertz CT molecular complexity index is 6910. The van der Waals surface area contributed by atoms with E-state index < -0.39 is 5.97 Å². The number of carbonyl (C=O) groups is 5. The van der Waals surface area contributed by atoms with Crippen molar-refractivity contribution in [1.29, 1.82) is 0 Å². The van der Waals surface area contributed by atoms with Crippen molar-refractivity contribution in [1.82, 2.24) is 35.6 Å². The Kier molecular flexibility index (Phi) is 39.8. The molecular formula is C106H80BBr2N10O8S5-. The molecule has 132 heavy (non-hydrogen) atoms. The zero-order chi connectivity index (χ0) is 93.9. The van der Waals surface area contributed by atoms with E-state index in [2.05, 4.69) is 274 Å². The Balaban J connectivity index is 0.000000166. The van der Waals surface area contributed by atoms with Crippen molar-refractivity contribution in [2.45, 2.75) is 179 Å². The van der Waals surface area contributed by atoms with Crippen LogP contribution in [-0.4, -0.2) is 96.1 Å². The molecule has 9 heterocycles. The number of carboxylic acids is 1. The summed E-state index contributed by atoms with van der Waals surface area (Å²) in [6.07, 6.45) is 48.7. The number of amides is 4. The number of halogens is 2. The molecular weight excluding hydrogens is 1870 g/mol. The van der Waals surface area contributed by atoms with Crippen molar-refractivity contribution in [3.05, 3.63) is 121 Å². The van der Waals surface area contributed by atoms with Crippen LogP contribution >= 0.6 is 88.5 Å². The SMILES string of the molecule is C#CC#CC#CC#CC#CC#CC#CC#CC#C.CC1(C)OB(c2ccc3nc(NC(=O)C4CC4)sc3c2)OC1(C)C.NC1CCCCC1.O=C(NC1CCCCC1)c1csc2ncc(-c3ccc4nc(NC(=O)C5CC5)sc4c3)cc12.O=C(NC1CCCCC1)c1csc2ncc(Br)cc12.O=C(O)c1csc2ncc(Br)cc12.[C-]#CC#CC#CC#CC#CC#CC#CC#CC#C. The molecule has 10 aromatic rings. The number of anilines is 2. The van der Waals surface area contributed by atoms with Gasteiger partial charge < -0.3 is 47.8 Å². The largest absolute Gasteiger partial charge is 0.494 e. The van der Waals surface area contributed by atoms with Crippen molar-refractivity contribution in [3.8, 4) is 220 Å².